The van der Waals surface area contributed by atoms with Crippen LogP contribution >= 0.6 is 11.8 Å². The van der Waals surface area contributed by atoms with Crippen LogP contribution in [0.1, 0.15) is 37.4 Å². The van der Waals surface area contributed by atoms with E-state index < -0.39 is 10.0 Å². The summed E-state index contributed by atoms with van der Waals surface area (Å²) in [5.41, 5.74) is 1.54. The van der Waals surface area contributed by atoms with Crippen LogP contribution in [0.5, 0.6) is 0 Å². The van der Waals surface area contributed by atoms with Crippen LogP contribution in [0.3, 0.4) is 0 Å². The average molecular weight is 332 g/mol. The Kier molecular flexibility index (Phi) is 6.09. The molecule has 6 nitrogen and oxygen atoms in total. The fourth-order valence-electron chi connectivity index (χ4n) is 2.36. The summed E-state index contributed by atoms with van der Waals surface area (Å²) in [5.74, 6) is 1.96. The zero-order valence-corrected chi connectivity index (χ0v) is 14.2. The number of H-pyrrole nitrogens is 1. The van der Waals surface area contributed by atoms with Gasteiger partial charge >= 0.3 is 0 Å². The third kappa shape index (κ3) is 4.45. The Morgan fingerprint density at radius 3 is 2.95 bits per heavy atom. The predicted octanol–water partition coefficient (Wildman–Crippen LogP) is 1.39. The lowest BCUT2D eigenvalue weighted by Crippen LogP contribution is -2.39. The zero-order chi connectivity index (χ0) is 15.3. The average Bonchev–Trinajstić information content (AvgIpc) is 2.82. The summed E-state index contributed by atoms with van der Waals surface area (Å²) >= 11 is 1.80. The maximum atomic E-state index is 12.5. The van der Waals surface area contributed by atoms with Gasteiger partial charge in [-0.2, -0.15) is 16.9 Å². The highest BCUT2D eigenvalue weighted by Gasteiger charge is 2.27. The molecule has 2 heterocycles. The topological polar surface area (TPSA) is 86.9 Å². The monoisotopic (exact) mass is 332 g/mol. The molecule has 1 unspecified atom stereocenters. The van der Waals surface area contributed by atoms with Gasteiger partial charge in [-0.15, -0.1) is 0 Å². The molecule has 0 radical (unpaired) electrons. The molecule has 1 atom stereocenters. The van der Waals surface area contributed by atoms with Crippen LogP contribution in [0.25, 0.3) is 0 Å². The molecule has 1 aliphatic heterocycles. The fourth-order valence-corrected chi connectivity index (χ4v) is 5.00. The van der Waals surface area contributed by atoms with Gasteiger partial charge in [0.15, 0.2) is 5.03 Å². The summed E-state index contributed by atoms with van der Waals surface area (Å²) in [6.07, 6.45) is 2.97. The summed E-state index contributed by atoms with van der Waals surface area (Å²) in [7, 11) is -3.55. The third-order valence-electron chi connectivity index (χ3n) is 3.50. The highest BCUT2D eigenvalue weighted by Crippen LogP contribution is 2.21. The molecule has 1 aromatic heterocycles. The molecular formula is C13H24N4O2S2. The Labute approximate surface area is 130 Å². The summed E-state index contributed by atoms with van der Waals surface area (Å²) in [6.45, 7) is 5.31. The highest BCUT2D eigenvalue weighted by molar-refractivity contribution is 7.99. The number of hydrogen-bond acceptors (Lipinski definition) is 5. The second-order valence-electron chi connectivity index (χ2n) is 5.34. The summed E-state index contributed by atoms with van der Waals surface area (Å²) in [5, 5.41) is 10.2. The number of rotatable bonds is 7. The smallest absolute Gasteiger partial charge is 0.260 e. The maximum absolute atomic E-state index is 12.5. The van der Waals surface area contributed by atoms with Crippen molar-refractivity contribution in [3.05, 3.63) is 11.3 Å². The molecule has 8 heteroatoms. The number of aromatic amines is 1. The number of hydrogen-bond donors (Lipinski definition) is 3. The highest BCUT2D eigenvalue weighted by atomic mass is 32.2. The van der Waals surface area contributed by atoms with Crippen LogP contribution in [-0.4, -0.2) is 42.7 Å². The van der Waals surface area contributed by atoms with E-state index in [1.807, 2.05) is 6.92 Å². The number of aryl methyl sites for hydroxylation is 1. The maximum Gasteiger partial charge on any atom is 0.260 e. The van der Waals surface area contributed by atoms with E-state index >= 15 is 0 Å². The molecule has 0 spiro atoms. The van der Waals surface area contributed by atoms with E-state index in [4.69, 9.17) is 0 Å². The van der Waals surface area contributed by atoms with Gasteiger partial charge in [-0.1, -0.05) is 6.92 Å². The minimum atomic E-state index is -3.55. The standard InChI is InChI=1S/C13H24N4O2S2/c1-3-6-14-8-12-10(2)15-16-13(12)21(18,19)17-11-5-4-7-20-9-11/h11,14,17H,3-9H2,1-2H3,(H,15,16). The van der Waals surface area contributed by atoms with Crippen molar-refractivity contribution < 1.29 is 8.42 Å². The first-order valence-electron chi connectivity index (χ1n) is 7.39. The van der Waals surface area contributed by atoms with Crippen molar-refractivity contribution in [2.45, 2.75) is 50.7 Å². The van der Waals surface area contributed by atoms with E-state index in [0.717, 1.165) is 48.6 Å². The Hall–Kier alpha value is -0.570. The fraction of sp³-hybridized carbons (Fsp3) is 0.769. The molecule has 120 valence electrons. The minimum absolute atomic E-state index is 0.0159. The molecule has 0 bridgehead atoms. The minimum Gasteiger partial charge on any atom is -0.313 e. The quantitative estimate of drug-likeness (QED) is 0.657. The summed E-state index contributed by atoms with van der Waals surface area (Å²) < 4.78 is 27.9. The Morgan fingerprint density at radius 2 is 2.29 bits per heavy atom. The third-order valence-corrected chi connectivity index (χ3v) is 6.21. The van der Waals surface area contributed by atoms with E-state index in [2.05, 4.69) is 27.2 Å². The van der Waals surface area contributed by atoms with E-state index in [0.29, 0.717) is 6.54 Å². The second kappa shape index (κ2) is 7.62. The van der Waals surface area contributed by atoms with Crippen molar-refractivity contribution in [1.82, 2.24) is 20.2 Å². The van der Waals surface area contributed by atoms with Crippen LogP contribution in [0, 0.1) is 6.92 Å². The first-order chi connectivity index (χ1) is 10.0. The van der Waals surface area contributed by atoms with Gasteiger partial charge < -0.3 is 5.32 Å². The molecule has 1 saturated heterocycles. The number of nitrogens with one attached hydrogen (secondary N) is 3. The lowest BCUT2D eigenvalue weighted by atomic mass is 10.2. The van der Waals surface area contributed by atoms with Crippen LogP contribution in [0.2, 0.25) is 0 Å². The van der Waals surface area contributed by atoms with Gasteiger partial charge in [0.1, 0.15) is 0 Å². The van der Waals surface area contributed by atoms with E-state index in [1.165, 1.54) is 0 Å². The van der Waals surface area contributed by atoms with Crippen molar-refractivity contribution in [2.75, 3.05) is 18.1 Å². The summed E-state index contributed by atoms with van der Waals surface area (Å²) in [4.78, 5) is 0. The molecule has 1 aromatic rings. The lowest BCUT2D eigenvalue weighted by molar-refractivity contribution is 0.538. The molecular weight excluding hydrogens is 308 g/mol. The Balaban J connectivity index is 2.11. The van der Waals surface area contributed by atoms with Crippen molar-refractivity contribution in [3.63, 3.8) is 0 Å². The second-order valence-corrected chi connectivity index (χ2v) is 8.12. The van der Waals surface area contributed by atoms with Crippen molar-refractivity contribution >= 4 is 21.8 Å². The number of sulfonamides is 1. The first-order valence-corrected chi connectivity index (χ1v) is 10.0. The summed E-state index contributed by atoms with van der Waals surface area (Å²) in [6, 6.07) is 0.0159. The van der Waals surface area contributed by atoms with Crippen molar-refractivity contribution in [3.8, 4) is 0 Å². The predicted molar refractivity (Wildman–Crippen MR) is 86.0 cm³/mol. The molecule has 2 rings (SSSR count). The number of nitrogens with zero attached hydrogens (tertiary/aromatic N) is 1. The van der Waals surface area contributed by atoms with E-state index in [9.17, 15) is 8.42 Å². The molecule has 1 aliphatic rings. The first kappa shape index (κ1) is 16.8. The van der Waals surface area contributed by atoms with Crippen LogP contribution in [0.4, 0.5) is 0 Å². The van der Waals surface area contributed by atoms with Crippen molar-refractivity contribution in [2.24, 2.45) is 0 Å². The molecule has 0 aromatic carbocycles. The van der Waals surface area contributed by atoms with Gasteiger partial charge in [0.2, 0.25) is 0 Å². The molecule has 0 saturated carbocycles. The Morgan fingerprint density at radius 1 is 1.48 bits per heavy atom. The van der Waals surface area contributed by atoms with E-state index in [1.54, 1.807) is 11.8 Å². The molecule has 0 aliphatic carbocycles. The zero-order valence-electron chi connectivity index (χ0n) is 12.6. The lowest BCUT2D eigenvalue weighted by Gasteiger charge is -2.22. The number of aromatic nitrogens is 2. The Bertz CT molecular complexity index is 551. The van der Waals surface area contributed by atoms with E-state index in [-0.39, 0.29) is 11.1 Å². The van der Waals surface area contributed by atoms with Gasteiger partial charge in [0, 0.05) is 29.6 Å². The molecule has 1 fully saturated rings. The molecule has 3 N–H and O–H groups in total. The normalized spacial score (nSPS) is 19.8. The van der Waals surface area contributed by atoms with Gasteiger partial charge in [-0.25, -0.2) is 13.1 Å². The van der Waals surface area contributed by atoms with Crippen LogP contribution < -0.4 is 10.0 Å². The van der Waals surface area contributed by atoms with Gasteiger partial charge in [-0.3, -0.25) is 5.10 Å². The number of thioether (sulfide) groups is 1. The molecule has 21 heavy (non-hydrogen) atoms. The molecule has 0 amide bonds. The van der Waals surface area contributed by atoms with Crippen LogP contribution in [0.15, 0.2) is 5.03 Å². The van der Waals surface area contributed by atoms with Gasteiger partial charge in [0.05, 0.1) is 0 Å². The van der Waals surface area contributed by atoms with Gasteiger partial charge in [-0.05, 0) is 38.5 Å². The van der Waals surface area contributed by atoms with Crippen molar-refractivity contribution in [1.29, 1.82) is 0 Å². The van der Waals surface area contributed by atoms with Gasteiger partial charge in [0.25, 0.3) is 10.0 Å². The SMILES string of the molecule is CCCNCc1c(S(=O)(=O)NC2CCCSC2)n[nH]c1C. The van der Waals surface area contributed by atoms with Crippen LogP contribution in [-0.2, 0) is 16.6 Å². The largest absolute Gasteiger partial charge is 0.313 e.